The van der Waals surface area contributed by atoms with E-state index < -0.39 is 0 Å². The summed E-state index contributed by atoms with van der Waals surface area (Å²) in [6.07, 6.45) is 5.63. The van der Waals surface area contributed by atoms with E-state index in [2.05, 4.69) is 25.3 Å². The lowest BCUT2D eigenvalue weighted by atomic mass is 10.2. The molecule has 1 saturated heterocycles. The molecule has 0 atom stereocenters. The van der Waals surface area contributed by atoms with Crippen molar-refractivity contribution < 1.29 is 9.53 Å². The van der Waals surface area contributed by atoms with E-state index in [9.17, 15) is 4.79 Å². The summed E-state index contributed by atoms with van der Waals surface area (Å²) in [5.41, 5.74) is 7.05. The van der Waals surface area contributed by atoms with Crippen LogP contribution in [0.1, 0.15) is 23.2 Å². The zero-order valence-electron chi connectivity index (χ0n) is 16.0. The lowest BCUT2D eigenvalue weighted by Crippen LogP contribution is -2.25. The number of aromatic nitrogens is 4. The molecular weight excluding hydrogens is 370 g/mol. The molecule has 1 aromatic carbocycles. The van der Waals surface area contributed by atoms with Crippen LogP contribution in [0, 0.1) is 0 Å². The highest BCUT2D eigenvalue weighted by Gasteiger charge is 2.16. The number of anilines is 3. The Balaban J connectivity index is 1.35. The highest BCUT2D eigenvalue weighted by Crippen LogP contribution is 2.19. The smallest absolute Gasteiger partial charge is 0.281 e. The van der Waals surface area contributed by atoms with Crippen molar-refractivity contribution >= 4 is 23.5 Å². The molecule has 3 aromatic rings. The topological polar surface area (TPSA) is 111 Å². The molecule has 1 aliphatic heterocycles. The first-order valence-electron chi connectivity index (χ1n) is 9.58. The van der Waals surface area contributed by atoms with Crippen LogP contribution in [0.2, 0.25) is 0 Å². The average Bonchev–Trinajstić information content (AvgIpc) is 3.39. The number of nitrogens with two attached hydrogens (primary N) is 1. The van der Waals surface area contributed by atoms with Gasteiger partial charge in [0.2, 0.25) is 11.9 Å². The number of nitrogens with one attached hydrogen (secondary N) is 1. The van der Waals surface area contributed by atoms with Crippen LogP contribution < -0.4 is 15.8 Å². The van der Waals surface area contributed by atoms with Gasteiger partial charge in [-0.3, -0.25) is 14.7 Å². The van der Waals surface area contributed by atoms with Crippen LogP contribution in [0.4, 0.5) is 17.6 Å². The molecule has 2 aromatic heterocycles. The fourth-order valence-electron chi connectivity index (χ4n) is 3.21. The molecule has 1 fully saturated rings. The SMILES string of the molecule is Nc1nc(Nc2ccc(OCCN3CCCC3)cc2)nn1C(=O)c1ccncc1. The van der Waals surface area contributed by atoms with Gasteiger partial charge in [-0.2, -0.15) is 9.67 Å². The minimum atomic E-state index is -0.368. The minimum Gasteiger partial charge on any atom is -0.492 e. The summed E-state index contributed by atoms with van der Waals surface area (Å²) < 4.78 is 6.87. The lowest BCUT2D eigenvalue weighted by Gasteiger charge is -2.15. The molecule has 4 rings (SSSR count). The summed E-state index contributed by atoms with van der Waals surface area (Å²) in [4.78, 5) is 22.9. The quantitative estimate of drug-likeness (QED) is 0.628. The number of hydrogen-bond donors (Lipinski definition) is 2. The number of rotatable bonds is 7. The molecule has 9 nitrogen and oxygen atoms in total. The summed E-state index contributed by atoms with van der Waals surface area (Å²) in [6.45, 7) is 3.95. The van der Waals surface area contributed by atoms with E-state index in [1.807, 2.05) is 24.3 Å². The van der Waals surface area contributed by atoms with Gasteiger partial charge in [0.25, 0.3) is 5.91 Å². The van der Waals surface area contributed by atoms with Crippen molar-refractivity contribution in [3.8, 4) is 5.75 Å². The summed E-state index contributed by atoms with van der Waals surface area (Å²) in [7, 11) is 0. The highest BCUT2D eigenvalue weighted by molar-refractivity contribution is 5.96. The van der Waals surface area contributed by atoms with Crippen molar-refractivity contribution in [1.29, 1.82) is 0 Å². The number of pyridine rings is 1. The number of hydrogen-bond acceptors (Lipinski definition) is 8. The van der Waals surface area contributed by atoms with Crippen LogP contribution in [0.25, 0.3) is 0 Å². The van der Waals surface area contributed by atoms with E-state index in [1.54, 1.807) is 12.1 Å². The molecule has 0 amide bonds. The first kappa shape index (κ1) is 18.9. The molecule has 0 saturated carbocycles. The van der Waals surface area contributed by atoms with Crippen molar-refractivity contribution in [3.63, 3.8) is 0 Å². The largest absolute Gasteiger partial charge is 0.492 e. The van der Waals surface area contributed by atoms with Crippen molar-refractivity contribution in [2.75, 3.05) is 37.3 Å². The van der Waals surface area contributed by atoms with Crippen molar-refractivity contribution in [2.24, 2.45) is 0 Å². The Morgan fingerprint density at radius 3 is 2.55 bits per heavy atom. The van der Waals surface area contributed by atoms with Gasteiger partial charge < -0.3 is 15.8 Å². The summed E-state index contributed by atoms with van der Waals surface area (Å²) in [5, 5.41) is 7.21. The van der Waals surface area contributed by atoms with E-state index in [4.69, 9.17) is 10.5 Å². The lowest BCUT2D eigenvalue weighted by molar-refractivity contribution is 0.0948. The summed E-state index contributed by atoms with van der Waals surface area (Å²) >= 11 is 0. The molecule has 9 heteroatoms. The normalized spacial score (nSPS) is 14.1. The molecule has 3 heterocycles. The maximum Gasteiger partial charge on any atom is 0.281 e. The number of carbonyl (C=O) groups is 1. The van der Waals surface area contributed by atoms with Crippen molar-refractivity contribution in [1.82, 2.24) is 24.6 Å². The monoisotopic (exact) mass is 393 g/mol. The second kappa shape index (κ2) is 8.70. The van der Waals surface area contributed by atoms with Gasteiger partial charge in [0, 0.05) is 30.2 Å². The van der Waals surface area contributed by atoms with Crippen molar-refractivity contribution in [2.45, 2.75) is 12.8 Å². The van der Waals surface area contributed by atoms with Gasteiger partial charge >= 0.3 is 0 Å². The molecule has 0 unspecified atom stereocenters. The average molecular weight is 393 g/mol. The summed E-state index contributed by atoms with van der Waals surface area (Å²) in [5.74, 6) is 0.691. The van der Waals surface area contributed by atoms with E-state index in [-0.39, 0.29) is 17.8 Å². The zero-order chi connectivity index (χ0) is 20.1. The van der Waals surface area contributed by atoms with E-state index in [0.717, 1.165) is 22.7 Å². The second-order valence-electron chi connectivity index (χ2n) is 6.79. The Morgan fingerprint density at radius 2 is 1.83 bits per heavy atom. The van der Waals surface area contributed by atoms with Crippen molar-refractivity contribution in [3.05, 3.63) is 54.4 Å². The molecule has 150 valence electrons. The Morgan fingerprint density at radius 1 is 1.10 bits per heavy atom. The molecular formula is C20H23N7O2. The van der Waals surface area contributed by atoms with Gasteiger partial charge in [-0.25, -0.2) is 0 Å². The number of benzene rings is 1. The second-order valence-corrected chi connectivity index (χ2v) is 6.79. The molecule has 0 bridgehead atoms. The third-order valence-electron chi connectivity index (χ3n) is 4.74. The van der Waals surface area contributed by atoms with Gasteiger partial charge in [0.1, 0.15) is 12.4 Å². The van der Waals surface area contributed by atoms with Crippen LogP contribution >= 0.6 is 0 Å². The van der Waals surface area contributed by atoms with Gasteiger partial charge in [0.05, 0.1) is 0 Å². The third kappa shape index (κ3) is 4.69. The fraction of sp³-hybridized carbons (Fsp3) is 0.300. The maximum absolute atomic E-state index is 12.5. The zero-order valence-corrected chi connectivity index (χ0v) is 16.0. The third-order valence-corrected chi connectivity index (χ3v) is 4.74. The Kier molecular flexibility index (Phi) is 5.66. The first-order valence-corrected chi connectivity index (χ1v) is 9.58. The first-order chi connectivity index (χ1) is 14.2. The number of carbonyl (C=O) groups excluding carboxylic acids is 1. The summed E-state index contributed by atoms with van der Waals surface area (Å²) in [6, 6.07) is 10.7. The van der Waals surface area contributed by atoms with Crippen LogP contribution in [-0.4, -0.2) is 56.8 Å². The predicted molar refractivity (Wildman–Crippen MR) is 109 cm³/mol. The number of nitrogen functional groups attached to an aromatic ring is 1. The standard InChI is InChI=1S/C20H23N7O2/c21-19-24-20(25-27(19)18(28)15-7-9-22-10-8-15)23-16-3-5-17(6-4-16)29-14-13-26-11-1-2-12-26/h3-10H,1-2,11-14H2,(H3,21,23,24,25). The van der Waals surface area contributed by atoms with E-state index in [1.165, 1.54) is 38.3 Å². The molecule has 3 N–H and O–H groups in total. The van der Waals surface area contributed by atoms with E-state index >= 15 is 0 Å². The highest BCUT2D eigenvalue weighted by atomic mass is 16.5. The van der Waals surface area contributed by atoms with E-state index in [0.29, 0.717) is 12.2 Å². The number of ether oxygens (including phenoxy) is 1. The molecule has 0 radical (unpaired) electrons. The number of likely N-dealkylation sites (tertiary alicyclic amines) is 1. The molecule has 0 aliphatic carbocycles. The fourth-order valence-corrected chi connectivity index (χ4v) is 3.21. The Bertz CT molecular complexity index is 951. The molecule has 29 heavy (non-hydrogen) atoms. The minimum absolute atomic E-state index is 0.0104. The molecule has 1 aliphatic rings. The van der Waals surface area contributed by atoms with Gasteiger partial charge in [-0.1, -0.05) is 0 Å². The van der Waals surface area contributed by atoms with Crippen LogP contribution in [0.5, 0.6) is 5.75 Å². The molecule has 0 spiro atoms. The van der Waals surface area contributed by atoms with Gasteiger partial charge in [-0.05, 0) is 62.3 Å². The Labute approximate surface area is 168 Å². The van der Waals surface area contributed by atoms with Gasteiger partial charge in [-0.15, -0.1) is 5.10 Å². The maximum atomic E-state index is 12.5. The number of nitrogens with zero attached hydrogens (tertiary/aromatic N) is 5. The predicted octanol–water partition coefficient (Wildman–Crippen LogP) is 2.16. The van der Waals surface area contributed by atoms with Crippen LogP contribution in [0.15, 0.2) is 48.8 Å². The van der Waals surface area contributed by atoms with Gasteiger partial charge in [0.15, 0.2) is 0 Å². The Hall–Kier alpha value is -3.46. The van der Waals surface area contributed by atoms with Crippen LogP contribution in [-0.2, 0) is 0 Å². The van der Waals surface area contributed by atoms with Crippen LogP contribution in [0.3, 0.4) is 0 Å².